The predicted octanol–water partition coefficient (Wildman–Crippen LogP) is 2.09. The lowest BCUT2D eigenvalue weighted by atomic mass is 9.91. The Balaban J connectivity index is 2.03. The lowest BCUT2D eigenvalue weighted by Crippen LogP contribution is -2.43. The van der Waals surface area contributed by atoms with Crippen LogP contribution in [0.5, 0.6) is 0 Å². The normalized spacial score (nSPS) is 21.0. The number of likely N-dealkylation sites (tertiary alicyclic amines) is 1. The fourth-order valence-corrected chi connectivity index (χ4v) is 3.41. The van der Waals surface area contributed by atoms with E-state index in [1.165, 1.54) is 4.90 Å². The molecule has 1 N–H and O–H groups in total. The molecule has 140 valence electrons. The molecule has 1 amide bonds. The van der Waals surface area contributed by atoms with Crippen molar-refractivity contribution >= 4 is 5.91 Å². The first-order valence-corrected chi connectivity index (χ1v) is 8.17. The summed E-state index contributed by atoms with van der Waals surface area (Å²) in [6.45, 7) is 4.74. The SMILES string of the molecule is C[C@@H]1C[C@@H](C)CN(C(=O)c2cnn(-c3ccc(=O)[nH]n3)c2C(F)(F)F)C1. The molecular formula is C16H18F3N5O2. The molecule has 26 heavy (non-hydrogen) atoms. The second-order valence-corrected chi connectivity index (χ2v) is 6.75. The fraction of sp³-hybridized carbons (Fsp3) is 0.500. The van der Waals surface area contributed by atoms with Gasteiger partial charge in [-0.2, -0.15) is 23.4 Å². The van der Waals surface area contributed by atoms with Gasteiger partial charge in [0, 0.05) is 19.2 Å². The van der Waals surface area contributed by atoms with E-state index in [0.717, 1.165) is 24.8 Å². The van der Waals surface area contributed by atoms with Crippen molar-refractivity contribution in [3.63, 3.8) is 0 Å². The van der Waals surface area contributed by atoms with Crippen LogP contribution < -0.4 is 5.56 Å². The van der Waals surface area contributed by atoms with Crippen LogP contribution in [0, 0.1) is 11.8 Å². The molecule has 1 aliphatic heterocycles. The third-order valence-electron chi connectivity index (χ3n) is 4.31. The number of hydrogen-bond acceptors (Lipinski definition) is 4. The van der Waals surface area contributed by atoms with Gasteiger partial charge >= 0.3 is 6.18 Å². The van der Waals surface area contributed by atoms with E-state index in [0.29, 0.717) is 17.8 Å². The molecule has 2 atom stereocenters. The summed E-state index contributed by atoms with van der Waals surface area (Å²) in [5.74, 6) is -0.497. The van der Waals surface area contributed by atoms with Gasteiger partial charge in [-0.25, -0.2) is 9.78 Å². The molecule has 7 nitrogen and oxygen atoms in total. The highest BCUT2D eigenvalue weighted by atomic mass is 19.4. The van der Waals surface area contributed by atoms with Crippen LogP contribution in [0.25, 0.3) is 5.82 Å². The fourth-order valence-electron chi connectivity index (χ4n) is 3.41. The average Bonchev–Trinajstić information content (AvgIpc) is 2.99. The van der Waals surface area contributed by atoms with E-state index in [4.69, 9.17) is 0 Å². The third-order valence-corrected chi connectivity index (χ3v) is 4.31. The molecule has 2 aromatic rings. The van der Waals surface area contributed by atoms with Crippen LogP contribution >= 0.6 is 0 Å². The van der Waals surface area contributed by atoms with Crippen LogP contribution in [0.3, 0.4) is 0 Å². The van der Waals surface area contributed by atoms with Crippen molar-refractivity contribution < 1.29 is 18.0 Å². The number of nitrogens with zero attached hydrogens (tertiary/aromatic N) is 4. The van der Waals surface area contributed by atoms with E-state index in [1.54, 1.807) is 0 Å². The molecule has 10 heteroatoms. The average molecular weight is 369 g/mol. The number of amides is 1. The standard InChI is InChI=1S/C16H18F3N5O2/c1-9-5-10(2)8-23(7-9)15(26)11-6-20-24(14(11)16(17,18)19)12-3-4-13(25)22-21-12/h3-4,6,9-10H,5,7-8H2,1-2H3,(H,22,25)/t9-,10-/m1/s1. The molecule has 0 bridgehead atoms. The van der Waals surface area contributed by atoms with E-state index in [2.05, 4.69) is 15.3 Å². The number of halogens is 3. The summed E-state index contributed by atoms with van der Waals surface area (Å²) in [5.41, 5.74) is -2.28. The minimum absolute atomic E-state index is 0.216. The summed E-state index contributed by atoms with van der Waals surface area (Å²) < 4.78 is 41.5. The Labute approximate surface area is 146 Å². The molecule has 0 unspecified atom stereocenters. The maximum atomic E-state index is 13.7. The van der Waals surface area contributed by atoms with E-state index in [-0.39, 0.29) is 17.7 Å². The second-order valence-electron chi connectivity index (χ2n) is 6.75. The van der Waals surface area contributed by atoms with Gasteiger partial charge in [0.1, 0.15) is 0 Å². The van der Waals surface area contributed by atoms with Crippen LogP contribution in [0.1, 0.15) is 36.3 Å². The summed E-state index contributed by atoms with van der Waals surface area (Å²) in [4.78, 5) is 25.3. The number of carbonyl (C=O) groups is 1. The Hall–Kier alpha value is -2.65. The Morgan fingerprint density at radius 2 is 1.88 bits per heavy atom. The molecule has 1 saturated heterocycles. The molecule has 3 rings (SSSR count). The third kappa shape index (κ3) is 3.49. The van der Waals surface area contributed by atoms with Gasteiger partial charge in [-0.15, -0.1) is 0 Å². The van der Waals surface area contributed by atoms with Gasteiger partial charge in [-0.3, -0.25) is 9.59 Å². The maximum Gasteiger partial charge on any atom is 0.434 e. The molecule has 0 aliphatic carbocycles. The van der Waals surface area contributed by atoms with Crippen LogP contribution in [-0.2, 0) is 6.18 Å². The minimum atomic E-state index is -4.81. The van der Waals surface area contributed by atoms with Crippen LogP contribution in [0.2, 0.25) is 0 Å². The molecule has 0 aromatic carbocycles. The van der Waals surface area contributed by atoms with Crippen LogP contribution in [0.15, 0.2) is 23.1 Å². The summed E-state index contributed by atoms with van der Waals surface area (Å²) in [6.07, 6.45) is -2.98. The molecule has 1 fully saturated rings. The van der Waals surface area contributed by atoms with Gasteiger partial charge in [0.25, 0.3) is 11.5 Å². The Morgan fingerprint density at radius 3 is 2.42 bits per heavy atom. The molecule has 2 aromatic heterocycles. The van der Waals surface area contributed by atoms with Crippen molar-refractivity contribution in [3.05, 3.63) is 39.9 Å². The molecule has 1 aliphatic rings. The topological polar surface area (TPSA) is 83.9 Å². The Morgan fingerprint density at radius 1 is 1.23 bits per heavy atom. The van der Waals surface area contributed by atoms with Gasteiger partial charge in [0.05, 0.1) is 11.8 Å². The van der Waals surface area contributed by atoms with Crippen molar-refractivity contribution in [1.29, 1.82) is 0 Å². The largest absolute Gasteiger partial charge is 0.434 e. The van der Waals surface area contributed by atoms with Crippen molar-refractivity contribution in [2.24, 2.45) is 11.8 Å². The van der Waals surface area contributed by atoms with Crippen LogP contribution in [-0.4, -0.2) is 43.9 Å². The molecule has 0 saturated carbocycles. The summed E-state index contributed by atoms with van der Waals surface area (Å²) in [7, 11) is 0. The molecule has 0 radical (unpaired) electrons. The van der Waals surface area contributed by atoms with E-state index < -0.39 is 28.9 Å². The Kier molecular flexibility index (Phi) is 4.59. The number of hydrogen-bond donors (Lipinski definition) is 1. The Bertz CT molecular complexity index is 843. The first kappa shape index (κ1) is 18.2. The van der Waals surface area contributed by atoms with Crippen molar-refractivity contribution in [2.45, 2.75) is 26.4 Å². The van der Waals surface area contributed by atoms with Gasteiger partial charge in [-0.1, -0.05) is 13.8 Å². The number of H-pyrrole nitrogens is 1. The quantitative estimate of drug-likeness (QED) is 0.879. The van der Waals surface area contributed by atoms with Crippen molar-refractivity contribution in [2.75, 3.05) is 13.1 Å². The first-order chi connectivity index (χ1) is 12.2. The zero-order chi connectivity index (χ0) is 19.1. The monoisotopic (exact) mass is 369 g/mol. The molecule has 3 heterocycles. The second kappa shape index (κ2) is 6.58. The van der Waals surface area contributed by atoms with Crippen molar-refractivity contribution in [3.8, 4) is 5.82 Å². The zero-order valence-corrected chi connectivity index (χ0v) is 14.2. The number of nitrogens with one attached hydrogen (secondary N) is 1. The number of alkyl halides is 3. The smallest absolute Gasteiger partial charge is 0.338 e. The summed E-state index contributed by atoms with van der Waals surface area (Å²) in [6, 6.07) is 2.15. The first-order valence-electron chi connectivity index (χ1n) is 8.17. The van der Waals surface area contributed by atoms with Gasteiger partial charge < -0.3 is 4.90 Å². The highest BCUT2D eigenvalue weighted by Crippen LogP contribution is 2.34. The highest BCUT2D eigenvalue weighted by Gasteiger charge is 2.42. The molecular weight excluding hydrogens is 351 g/mol. The minimum Gasteiger partial charge on any atom is -0.338 e. The number of rotatable bonds is 2. The van der Waals surface area contributed by atoms with Gasteiger partial charge in [-0.05, 0) is 24.3 Å². The van der Waals surface area contributed by atoms with Gasteiger partial charge in [0.15, 0.2) is 11.5 Å². The highest BCUT2D eigenvalue weighted by molar-refractivity contribution is 5.95. The number of aromatic amines is 1. The lowest BCUT2D eigenvalue weighted by molar-refractivity contribution is -0.143. The van der Waals surface area contributed by atoms with E-state index in [1.807, 2.05) is 13.8 Å². The number of aromatic nitrogens is 4. The van der Waals surface area contributed by atoms with Crippen molar-refractivity contribution in [1.82, 2.24) is 24.9 Å². The van der Waals surface area contributed by atoms with E-state index in [9.17, 15) is 22.8 Å². The number of piperidine rings is 1. The zero-order valence-electron chi connectivity index (χ0n) is 14.2. The van der Waals surface area contributed by atoms with E-state index >= 15 is 0 Å². The maximum absolute atomic E-state index is 13.7. The predicted molar refractivity (Wildman–Crippen MR) is 85.8 cm³/mol. The molecule has 0 spiro atoms. The lowest BCUT2D eigenvalue weighted by Gasteiger charge is -2.35. The van der Waals surface area contributed by atoms with Gasteiger partial charge in [0.2, 0.25) is 0 Å². The van der Waals surface area contributed by atoms with Crippen LogP contribution in [0.4, 0.5) is 13.2 Å². The summed E-state index contributed by atoms with van der Waals surface area (Å²) >= 11 is 0. The summed E-state index contributed by atoms with van der Waals surface area (Å²) in [5, 5.41) is 9.33. The number of carbonyl (C=O) groups excluding carboxylic acids is 1.